The van der Waals surface area contributed by atoms with E-state index < -0.39 is 6.04 Å². The molecule has 78 valence electrons. The Morgan fingerprint density at radius 2 is 2.50 bits per heavy atom. The van der Waals surface area contributed by atoms with Gasteiger partial charge in [-0.2, -0.15) is 5.10 Å². The number of nitrogens with zero attached hydrogens (tertiary/aromatic N) is 2. The first-order valence-corrected chi connectivity index (χ1v) is 4.74. The highest BCUT2D eigenvalue weighted by Gasteiger charge is 2.09. The molecule has 3 N–H and O–H groups in total. The Morgan fingerprint density at radius 1 is 1.71 bits per heavy atom. The third kappa shape index (κ3) is 3.18. The Bertz CT molecular complexity index is 270. The summed E-state index contributed by atoms with van der Waals surface area (Å²) >= 11 is 0. The van der Waals surface area contributed by atoms with E-state index in [1.54, 1.807) is 10.9 Å². The lowest BCUT2D eigenvalue weighted by atomic mass is 10.2. The summed E-state index contributed by atoms with van der Waals surface area (Å²) in [6, 6.07) is 1.45. The van der Waals surface area contributed by atoms with Gasteiger partial charge in [-0.25, -0.2) is 0 Å². The van der Waals surface area contributed by atoms with Crippen molar-refractivity contribution in [2.75, 3.05) is 6.54 Å². The first-order chi connectivity index (χ1) is 6.74. The summed E-state index contributed by atoms with van der Waals surface area (Å²) < 4.78 is 1.76. The van der Waals surface area contributed by atoms with Crippen LogP contribution in [-0.4, -0.2) is 28.3 Å². The first kappa shape index (κ1) is 10.7. The maximum atomic E-state index is 11.2. The fourth-order valence-corrected chi connectivity index (χ4v) is 1.04. The van der Waals surface area contributed by atoms with Gasteiger partial charge in [0.2, 0.25) is 5.91 Å². The second-order valence-corrected chi connectivity index (χ2v) is 3.07. The summed E-state index contributed by atoms with van der Waals surface area (Å²) in [5.41, 5.74) is 5.54. The van der Waals surface area contributed by atoms with Gasteiger partial charge in [0, 0.05) is 18.9 Å². The van der Waals surface area contributed by atoms with Crippen LogP contribution in [0.15, 0.2) is 18.5 Å². The summed E-state index contributed by atoms with van der Waals surface area (Å²) in [6.45, 7) is 3.13. The van der Waals surface area contributed by atoms with E-state index in [4.69, 9.17) is 5.73 Å². The lowest BCUT2D eigenvalue weighted by Gasteiger charge is -2.09. The van der Waals surface area contributed by atoms with Crippen LogP contribution in [0.2, 0.25) is 0 Å². The van der Waals surface area contributed by atoms with Crippen LogP contribution in [0.4, 0.5) is 0 Å². The molecule has 1 aromatic rings. The second-order valence-electron chi connectivity index (χ2n) is 3.07. The minimum Gasteiger partial charge on any atom is -0.353 e. The van der Waals surface area contributed by atoms with Gasteiger partial charge in [-0.05, 0) is 12.5 Å². The van der Waals surface area contributed by atoms with Crippen molar-refractivity contribution >= 4 is 5.91 Å². The molecule has 0 spiro atoms. The summed E-state index contributed by atoms with van der Waals surface area (Å²) in [5, 5.41) is 6.76. The van der Waals surface area contributed by atoms with E-state index in [1.807, 2.05) is 19.2 Å². The molecule has 5 heteroatoms. The average molecular weight is 196 g/mol. The summed E-state index contributed by atoms with van der Waals surface area (Å²) in [4.78, 5) is 11.2. The van der Waals surface area contributed by atoms with Crippen molar-refractivity contribution in [2.24, 2.45) is 5.73 Å². The number of nitrogens with two attached hydrogens (primary N) is 1. The zero-order valence-corrected chi connectivity index (χ0v) is 8.31. The molecule has 0 fully saturated rings. The van der Waals surface area contributed by atoms with Gasteiger partial charge in [-0.3, -0.25) is 9.48 Å². The predicted octanol–water partition coefficient (Wildman–Crippen LogP) is -0.263. The zero-order chi connectivity index (χ0) is 10.4. The van der Waals surface area contributed by atoms with Gasteiger partial charge in [-0.1, -0.05) is 6.92 Å². The smallest absolute Gasteiger partial charge is 0.236 e. The molecule has 0 aliphatic heterocycles. The summed E-state index contributed by atoms with van der Waals surface area (Å²) in [5.74, 6) is -0.0975. The Kier molecular flexibility index (Phi) is 4.12. The summed E-state index contributed by atoms with van der Waals surface area (Å²) in [6.07, 6.45) is 4.22. The molecule has 0 unspecified atom stereocenters. The van der Waals surface area contributed by atoms with E-state index in [2.05, 4.69) is 10.4 Å². The maximum Gasteiger partial charge on any atom is 0.236 e. The van der Waals surface area contributed by atoms with Gasteiger partial charge >= 0.3 is 0 Å². The van der Waals surface area contributed by atoms with Crippen LogP contribution in [0.25, 0.3) is 0 Å². The Labute approximate surface area is 83.3 Å². The highest BCUT2D eigenvalue weighted by atomic mass is 16.2. The highest BCUT2D eigenvalue weighted by molar-refractivity contribution is 5.81. The first-order valence-electron chi connectivity index (χ1n) is 4.74. The van der Waals surface area contributed by atoms with Gasteiger partial charge in [0.15, 0.2) is 0 Å². The second kappa shape index (κ2) is 5.39. The van der Waals surface area contributed by atoms with Crippen LogP contribution >= 0.6 is 0 Å². The SMILES string of the molecule is CC[C@H](N)C(=O)NCCn1cccn1. The molecule has 5 nitrogen and oxygen atoms in total. The van der Waals surface area contributed by atoms with Crippen LogP contribution < -0.4 is 11.1 Å². The van der Waals surface area contributed by atoms with E-state index in [0.29, 0.717) is 19.5 Å². The Balaban J connectivity index is 2.18. The molecule has 0 aliphatic rings. The molecule has 1 rings (SSSR count). The van der Waals surface area contributed by atoms with Gasteiger partial charge in [-0.15, -0.1) is 0 Å². The fourth-order valence-electron chi connectivity index (χ4n) is 1.04. The third-order valence-corrected chi connectivity index (χ3v) is 1.98. The van der Waals surface area contributed by atoms with E-state index in [9.17, 15) is 4.79 Å². The number of nitrogens with one attached hydrogen (secondary N) is 1. The molecular weight excluding hydrogens is 180 g/mol. The van der Waals surface area contributed by atoms with Crippen molar-refractivity contribution < 1.29 is 4.79 Å². The van der Waals surface area contributed by atoms with Gasteiger partial charge in [0.25, 0.3) is 0 Å². The lowest BCUT2D eigenvalue weighted by Crippen LogP contribution is -2.41. The maximum absolute atomic E-state index is 11.2. The normalized spacial score (nSPS) is 12.4. The molecule has 1 aromatic heterocycles. The van der Waals surface area contributed by atoms with Gasteiger partial charge in [0.1, 0.15) is 0 Å². The van der Waals surface area contributed by atoms with E-state index in [1.165, 1.54) is 0 Å². The van der Waals surface area contributed by atoms with Crippen molar-refractivity contribution in [3.63, 3.8) is 0 Å². The lowest BCUT2D eigenvalue weighted by molar-refractivity contribution is -0.122. The number of carbonyl (C=O) groups is 1. The van der Waals surface area contributed by atoms with Crippen LogP contribution in [0.3, 0.4) is 0 Å². The number of aromatic nitrogens is 2. The molecule has 0 radical (unpaired) electrons. The number of rotatable bonds is 5. The molecule has 1 heterocycles. The quantitative estimate of drug-likeness (QED) is 0.681. The van der Waals surface area contributed by atoms with Gasteiger partial charge in [0.05, 0.1) is 12.6 Å². The molecule has 0 saturated heterocycles. The Hall–Kier alpha value is -1.36. The van der Waals surface area contributed by atoms with Crippen molar-refractivity contribution in [1.82, 2.24) is 15.1 Å². The molecule has 0 aliphatic carbocycles. The standard InChI is InChI=1S/C9H16N4O/c1-2-8(10)9(14)11-5-7-13-6-3-4-12-13/h3-4,6,8H,2,5,7,10H2,1H3,(H,11,14)/t8-/m0/s1. The average Bonchev–Trinajstić information content (AvgIpc) is 2.69. The van der Waals surface area contributed by atoms with Gasteiger partial charge < -0.3 is 11.1 Å². The molecule has 1 amide bonds. The topological polar surface area (TPSA) is 72.9 Å². The molecule has 14 heavy (non-hydrogen) atoms. The van der Waals surface area contributed by atoms with E-state index >= 15 is 0 Å². The zero-order valence-electron chi connectivity index (χ0n) is 8.31. The predicted molar refractivity (Wildman–Crippen MR) is 53.5 cm³/mol. The van der Waals surface area contributed by atoms with Crippen molar-refractivity contribution in [1.29, 1.82) is 0 Å². The van der Waals surface area contributed by atoms with Crippen molar-refractivity contribution in [3.8, 4) is 0 Å². The number of hydrogen-bond acceptors (Lipinski definition) is 3. The van der Waals surface area contributed by atoms with Crippen molar-refractivity contribution in [2.45, 2.75) is 25.9 Å². The van der Waals surface area contributed by atoms with E-state index in [-0.39, 0.29) is 5.91 Å². The minimum atomic E-state index is -0.396. The molecule has 0 saturated carbocycles. The number of hydrogen-bond donors (Lipinski definition) is 2. The van der Waals surface area contributed by atoms with Crippen LogP contribution in [0, 0.1) is 0 Å². The highest BCUT2D eigenvalue weighted by Crippen LogP contribution is 1.86. The number of amides is 1. The number of carbonyl (C=O) groups excluding carboxylic acids is 1. The van der Waals surface area contributed by atoms with Crippen LogP contribution in [-0.2, 0) is 11.3 Å². The third-order valence-electron chi connectivity index (χ3n) is 1.98. The largest absolute Gasteiger partial charge is 0.353 e. The molecule has 0 bridgehead atoms. The fraction of sp³-hybridized carbons (Fsp3) is 0.556. The monoisotopic (exact) mass is 196 g/mol. The van der Waals surface area contributed by atoms with Crippen LogP contribution in [0.5, 0.6) is 0 Å². The van der Waals surface area contributed by atoms with Crippen LogP contribution in [0.1, 0.15) is 13.3 Å². The Morgan fingerprint density at radius 3 is 3.07 bits per heavy atom. The van der Waals surface area contributed by atoms with E-state index in [0.717, 1.165) is 0 Å². The molecule has 0 aromatic carbocycles. The molecular formula is C9H16N4O. The minimum absolute atomic E-state index is 0.0975. The summed E-state index contributed by atoms with van der Waals surface area (Å²) in [7, 11) is 0. The van der Waals surface area contributed by atoms with Crippen molar-refractivity contribution in [3.05, 3.63) is 18.5 Å². The molecule has 1 atom stereocenters.